The van der Waals surface area contributed by atoms with Crippen molar-refractivity contribution in [2.75, 3.05) is 7.11 Å². The van der Waals surface area contributed by atoms with Crippen molar-refractivity contribution in [1.82, 2.24) is 20.6 Å². The fraction of sp³-hybridized carbons (Fsp3) is 0.600. The maximum absolute atomic E-state index is 12.2. The molecule has 0 bridgehead atoms. The van der Waals surface area contributed by atoms with Gasteiger partial charge in [0.25, 0.3) is 0 Å². The molecule has 0 spiro atoms. The standard InChI is InChI=1S/C15H24N4O5/c1-9(18-14(22)24-15(2,3)4)12(20)19-11(13(21)23-5)6-10-7-16-8-17-10/h7-9,11H,6H2,1-5H3,(H,16,17)(H,18,22)(H,19,20)/t9-,11-/m0/s1. The summed E-state index contributed by atoms with van der Waals surface area (Å²) in [5.41, 5.74) is -0.0761. The molecule has 1 aromatic heterocycles. The number of esters is 1. The van der Waals surface area contributed by atoms with Crippen LogP contribution in [0, 0.1) is 0 Å². The Labute approximate surface area is 140 Å². The summed E-state index contributed by atoms with van der Waals surface area (Å²) in [5, 5.41) is 4.95. The zero-order chi connectivity index (χ0) is 18.3. The van der Waals surface area contributed by atoms with Gasteiger partial charge in [0.2, 0.25) is 5.91 Å². The van der Waals surface area contributed by atoms with Gasteiger partial charge >= 0.3 is 12.1 Å². The maximum Gasteiger partial charge on any atom is 0.408 e. The number of rotatable bonds is 6. The van der Waals surface area contributed by atoms with Gasteiger partial charge in [-0.1, -0.05) is 0 Å². The molecule has 1 rings (SSSR count). The van der Waals surface area contributed by atoms with E-state index in [0.717, 1.165) is 0 Å². The summed E-state index contributed by atoms with van der Waals surface area (Å²) in [7, 11) is 1.23. The molecule has 2 atom stereocenters. The number of nitrogens with one attached hydrogen (secondary N) is 3. The molecule has 9 heteroatoms. The molecular weight excluding hydrogens is 316 g/mol. The zero-order valence-corrected chi connectivity index (χ0v) is 14.5. The predicted molar refractivity (Wildman–Crippen MR) is 85.1 cm³/mol. The fourth-order valence-electron chi connectivity index (χ4n) is 1.79. The van der Waals surface area contributed by atoms with Gasteiger partial charge in [-0.3, -0.25) is 4.79 Å². The van der Waals surface area contributed by atoms with Crippen LogP contribution in [0.5, 0.6) is 0 Å². The molecule has 134 valence electrons. The van der Waals surface area contributed by atoms with Gasteiger partial charge in [-0.15, -0.1) is 0 Å². The van der Waals surface area contributed by atoms with Crippen LogP contribution in [0.3, 0.4) is 0 Å². The van der Waals surface area contributed by atoms with Crippen LogP contribution in [0.2, 0.25) is 0 Å². The van der Waals surface area contributed by atoms with Gasteiger partial charge in [-0.25, -0.2) is 14.6 Å². The first-order valence-electron chi connectivity index (χ1n) is 7.47. The first-order valence-corrected chi connectivity index (χ1v) is 7.47. The van der Waals surface area contributed by atoms with Crippen LogP contribution < -0.4 is 10.6 Å². The van der Waals surface area contributed by atoms with Gasteiger partial charge in [0.05, 0.1) is 19.1 Å². The molecule has 0 aliphatic carbocycles. The van der Waals surface area contributed by atoms with Crippen LogP contribution in [-0.4, -0.2) is 52.7 Å². The van der Waals surface area contributed by atoms with Crippen LogP contribution >= 0.6 is 0 Å². The van der Waals surface area contributed by atoms with Crippen molar-refractivity contribution in [2.45, 2.75) is 51.8 Å². The Morgan fingerprint density at radius 1 is 1.29 bits per heavy atom. The van der Waals surface area contributed by atoms with E-state index < -0.39 is 35.7 Å². The Morgan fingerprint density at radius 3 is 2.46 bits per heavy atom. The quantitative estimate of drug-likeness (QED) is 0.649. The number of carbonyl (C=O) groups is 3. The lowest BCUT2D eigenvalue weighted by atomic mass is 10.1. The number of alkyl carbamates (subject to hydrolysis) is 1. The molecule has 3 N–H and O–H groups in total. The highest BCUT2D eigenvalue weighted by atomic mass is 16.6. The molecule has 0 saturated heterocycles. The second kappa shape index (κ2) is 8.32. The average Bonchev–Trinajstić information content (AvgIpc) is 2.96. The maximum atomic E-state index is 12.2. The van der Waals surface area contributed by atoms with E-state index in [0.29, 0.717) is 5.69 Å². The molecular formula is C15H24N4O5. The van der Waals surface area contributed by atoms with E-state index in [1.807, 2.05) is 0 Å². The third-order valence-electron chi connectivity index (χ3n) is 2.90. The third-order valence-corrected chi connectivity index (χ3v) is 2.90. The first kappa shape index (κ1) is 19.5. The van der Waals surface area contributed by atoms with E-state index in [2.05, 4.69) is 25.3 Å². The molecule has 0 aliphatic rings. The molecule has 0 aromatic carbocycles. The minimum absolute atomic E-state index is 0.168. The molecule has 2 amide bonds. The van der Waals surface area contributed by atoms with Gasteiger partial charge in [0.1, 0.15) is 17.7 Å². The number of carbonyl (C=O) groups excluding carboxylic acids is 3. The normalized spacial score (nSPS) is 13.5. The summed E-state index contributed by atoms with van der Waals surface area (Å²) in [5.74, 6) is -1.14. The van der Waals surface area contributed by atoms with Gasteiger partial charge in [-0.05, 0) is 27.7 Å². The lowest BCUT2D eigenvalue weighted by molar-refractivity contribution is -0.145. The number of aromatic amines is 1. The van der Waals surface area contributed by atoms with Gasteiger partial charge in [0, 0.05) is 12.6 Å². The number of methoxy groups -OCH3 is 1. The summed E-state index contributed by atoms with van der Waals surface area (Å²) < 4.78 is 9.77. The summed E-state index contributed by atoms with van der Waals surface area (Å²) in [6, 6.07) is -1.79. The van der Waals surface area contributed by atoms with Gasteiger partial charge < -0.3 is 25.1 Å². The Kier molecular flexibility index (Phi) is 6.75. The van der Waals surface area contributed by atoms with Crippen molar-refractivity contribution in [3.8, 4) is 0 Å². The van der Waals surface area contributed by atoms with Crippen molar-refractivity contribution < 1.29 is 23.9 Å². The number of H-pyrrole nitrogens is 1. The SMILES string of the molecule is COC(=O)[C@H](Cc1c[nH]cn1)NC(=O)[C@H](C)NC(=O)OC(C)(C)C. The molecule has 24 heavy (non-hydrogen) atoms. The molecule has 1 heterocycles. The van der Waals surface area contributed by atoms with Crippen LogP contribution in [0.4, 0.5) is 4.79 Å². The molecule has 0 fully saturated rings. The summed E-state index contributed by atoms with van der Waals surface area (Å²) in [6.45, 7) is 6.64. The van der Waals surface area contributed by atoms with E-state index in [-0.39, 0.29) is 6.42 Å². The van der Waals surface area contributed by atoms with Crippen LogP contribution in [-0.2, 0) is 25.5 Å². The number of amides is 2. The predicted octanol–water partition coefficient (Wildman–Crippen LogP) is 0.523. The van der Waals surface area contributed by atoms with Crippen LogP contribution in [0.1, 0.15) is 33.4 Å². The van der Waals surface area contributed by atoms with Crippen molar-refractivity contribution in [2.24, 2.45) is 0 Å². The molecule has 0 aliphatic heterocycles. The molecule has 0 unspecified atom stereocenters. The molecule has 0 saturated carbocycles. The topological polar surface area (TPSA) is 122 Å². The highest BCUT2D eigenvalue weighted by Crippen LogP contribution is 2.07. The summed E-state index contributed by atoms with van der Waals surface area (Å²) in [4.78, 5) is 42.5. The van der Waals surface area contributed by atoms with E-state index in [4.69, 9.17) is 4.74 Å². The highest BCUT2D eigenvalue weighted by molar-refractivity contribution is 5.89. The largest absolute Gasteiger partial charge is 0.467 e. The fourth-order valence-corrected chi connectivity index (χ4v) is 1.79. The monoisotopic (exact) mass is 340 g/mol. The molecule has 0 radical (unpaired) electrons. The Balaban J connectivity index is 2.63. The van der Waals surface area contributed by atoms with Crippen LogP contribution in [0.25, 0.3) is 0 Å². The molecule has 9 nitrogen and oxygen atoms in total. The minimum atomic E-state index is -0.909. The first-order chi connectivity index (χ1) is 11.1. The van der Waals surface area contributed by atoms with E-state index in [9.17, 15) is 14.4 Å². The van der Waals surface area contributed by atoms with Crippen molar-refractivity contribution in [1.29, 1.82) is 0 Å². The number of imidazole rings is 1. The lowest BCUT2D eigenvalue weighted by Gasteiger charge is -2.23. The number of aromatic nitrogens is 2. The third kappa shape index (κ3) is 6.67. The summed E-state index contributed by atoms with van der Waals surface area (Å²) >= 11 is 0. The van der Waals surface area contributed by atoms with Crippen LogP contribution in [0.15, 0.2) is 12.5 Å². The number of ether oxygens (including phenoxy) is 2. The number of hydrogen-bond donors (Lipinski definition) is 3. The zero-order valence-electron chi connectivity index (χ0n) is 14.5. The second-order valence-electron chi connectivity index (χ2n) is 6.22. The highest BCUT2D eigenvalue weighted by Gasteiger charge is 2.27. The van der Waals surface area contributed by atoms with Gasteiger partial charge in [0.15, 0.2) is 0 Å². The Hall–Kier alpha value is -2.58. The van der Waals surface area contributed by atoms with E-state index in [1.165, 1.54) is 20.4 Å². The lowest BCUT2D eigenvalue weighted by Crippen LogP contribution is -2.52. The van der Waals surface area contributed by atoms with Crippen molar-refractivity contribution >= 4 is 18.0 Å². The van der Waals surface area contributed by atoms with E-state index in [1.54, 1.807) is 27.0 Å². The van der Waals surface area contributed by atoms with Crippen molar-refractivity contribution in [3.05, 3.63) is 18.2 Å². The number of hydrogen-bond acceptors (Lipinski definition) is 6. The van der Waals surface area contributed by atoms with Crippen molar-refractivity contribution in [3.63, 3.8) is 0 Å². The Bertz CT molecular complexity index is 565. The average molecular weight is 340 g/mol. The second-order valence-corrected chi connectivity index (χ2v) is 6.22. The summed E-state index contributed by atoms with van der Waals surface area (Å²) in [6.07, 6.45) is 2.54. The molecule has 1 aromatic rings. The minimum Gasteiger partial charge on any atom is -0.467 e. The van der Waals surface area contributed by atoms with E-state index >= 15 is 0 Å². The number of nitrogens with zero attached hydrogens (tertiary/aromatic N) is 1. The smallest absolute Gasteiger partial charge is 0.408 e. The Morgan fingerprint density at radius 2 is 1.96 bits per heavy atom. The van der Waals surface area contributed by atoms with Gasteiger partial charge in [-0.2, -0.15) is 0 Å².